The average molecular weight is 1400 g/mol. The van der Waals surface area contributed by atoms with Crippen molar-refractivity contribution in [2.24, 2.45) is 0 Å². The van der Waals surface area contributed by atoms with Gasteiger partial charge < -0.3 is 0 Å². The van der Waals surface area contributed by atoms with Crippen LogP contribution in [-0.4, -0.2) is 0 Å². The molecule has 0 saturated carbocycles. The van der Waals surface area contributed by atoms with E-state index in [0.29, 0.717) is 0 Å². The van der Waals surface area contributed by atoms with Crippen molar-refractivity contribution in [3.63, 3.8) is 0 Å². The van der Waals surface area contributed by atoms with E-state index in [1.807, 2.05) is 24.3 Å². The number of unbranched alkanes of at least 4 members (excludes halogenated alkanes) is 15. The molecule has 0 N–H and O–H groups in total. The highest BCUT2D eigenvalue weighted by molar-refractivity contribution is 5.48. The molecule has 0 saturated heterocycles. The van der Waals surface area contributed by atoms with Gasteiger partial charge in [-0.15, -0.1) is 19.7 Å². The van der Waals surface area contributed by atoms with Crippen molar-refractivity contribution in [3.05, 3.63) is 174 Å². The van der Waals surface area contributed by atoms with E-state index in [-0.39, 0.29) is 0 Å². The highest BCUT2D eigenvalue weighted by Gasteiger charge is 1.81. The largest absolute Gasteiger partial charge is 0.103 e. The van der Waals surface area contributed by atoms with Gasteiger partial charge in [-0.25, -0.2) is 0 Å². The second-order valence-corrected chi connectivity index (χ2v) is 25.6. The maximum absolute atomic E-state index is 3.48. The molecule has 0 heteroatoms. The van der Waals surface area contributed by atoms with E-state index in [2.05, 4.69) is 366 Å². The monoisotopic (exact) mass is 1400 g/mol. The van der Waals surface area contributed by atoms with Gasteiger partial charge in [-0.05, 0) is 179 Å². The van der Waals surface area contributed by atoms with Crippen molar-refractivity contribution in [1.82, 2.24) is 0 Å². The van der Waals surface area contributed by atoms with Gasteiger partial charge in [0.1, 0.15) is 0 Å². The van der Waals surface area contributed by atoms with Crippen molar-refractivity contribution in [1.29, 1.82) is 0 Å². The van der Waals surface area contributed by atoms with Gasteiger partial charge in [0.25, 0.3) is 0 Å². The van der Waals surface area contributed by atoms with E-state index in [1.165, 1.54) is 232 Å². The van der Waals surface area contributed by atoms with Crippen LogP contribution in [0.2, 0.25) is 0 Å². The molecule has 0 aromatic heterocycles. The predicted octanol–water partition coefficient (Wildman–Crippen LogP) is 39.7. The van der Waals surface area contributed by atoms with Gasteiger partial charge in [0.15, 0.2) is 0 Å². The molecule has 602 valence electrons. The summed E-state index contributed by atoms with van der Waals surface area (Å²) in [6.45, 7) is 87.9. The minimum absolute atomic E-state index is 1.08. The van der Waals surface area contributed by atoms with Crippen LogP contribution < -0.4 is 0 Å². The first-order valence-corrected chi connectivity index (χ1v) is 42.3. The quantitative estimate of drug-likeness (QED) is 0.0532. The van der Waals surface area contributed by atoms with Crippen LogP contribution in [0.3, 0.4) is 0 Å². The fourth-order valence-electron chi connectivity index (χ4n) is 6.43. The first-order valence-electron chi connectivity index (χ1n) is 42.3. The van der Waals surface area contributed by atoms with Gasteiger partial charge in [0.05, 0.1) is 0 Å². The zero-order chi connectivity index (χ0) is 81.2. The van der Waals surface area contributed by atoms with E-state index in [0.717, 1.165) is 25.7 Å². The third-order valence-electron chi connectivity index (χ3n) is 11.9. The van der Waals surface area contributed by atoms with E-state index in [1.54, 1.807) is 0 Å². The van der Waals surface area contributed by atoms with Crippen molar-refractivity contribution in [2.45, 2.75) is 468 Å². The van der Waals surface area contributed by atoms with Crippen LogP contribution in [0.1, 0.15) is 473 Å². The molecule has 0 unspecified atom stereocenters. The molecule has 0 aliphatic carbocycles. The van der Waals surface area contributed by atoms with Crippen molar-refractivity contribution in [3.8, 4) is 0 Å². The summed E-state index contributed by atoms with van der Waals surface area (Å²) in [6, 6.07) is 10.3. The van der Waals surface area contributed by atoms with Crippen LogP contribution in [0, 0.1) is 0 Å². The SMILES string of the molecule is C=CCC.C=CCC.C=CCC.CC/C=C/c1ccccc1.CCC=C(C)C.CCC=C(C)C.CCC=C(C)C.CCC=C(C)C.CCC=C(C)C.CCC=C(C)C.CCC=CCC.CCC=CCC.CCCCCC.CCCCCC.CCCCCC.CCCCCC.CCCCCC. The zero-order valence-electron chi connectivity index (χ0n) is 77.2. The minimum Gasteiger partial charge on any atom is -0.103 e. The van der Waals surface area contributed by atoms with Crippen LogP contribution in [0.15, 0.2) is 169 Å². The highest BCUT2D eigenvalue weighted by atomic mass is 13.9. The summed E-state index contributed by atoms with van der Waals surface area (Å²) < 4.78 is 0. The van der Waals surface area contributed by atoms with E-state index >= 15 is 0 Å². The maximum Gasteiger partial charge on any atom is -0.0260 e. The van der Waals surface area contributed by atoms with Crippen LogP contribution >= 0.6 is 0 Å². The third-order valence-corrected chi connectivity index (χ3v) is 11.9. The molecule has 1 aromatic rings. The van der Waals surface area contributed by atoms with Crippen molar-refractivity contribution in [2.75, 3.05) is 0 Å². The van der Waals surface area contributed by atoms with Crippen LogP contribution in [-0.2, 0) is 0 Å². The van der Waals surface area contributed by atoms with Crippen molar-refractivity contribution >= 4 is 6.08 Å². The van der Waals surface area contributed by atoms with Crippen molar-refractivity contribution < 1.29 is 0 Å². The third kappa shape index (κ3) is 325. The Morgan fingerprint density at radius 2 is 0.350 bits per heavy atom. The number of rotatable bonds is 30. The predicted molar refractivity (Wildman–Crippen MR) is 494 cm³/mol. The molecule has 0 radical (unpaired) electrons. The van der Waals surface area contributed by atoms with E-state index in [9.17, 15) is 0 Å². The number of hydrogen-bond acceptors (Lipinski definition) is 0. The Morgan fingerprint density at radius 1 is 0.210 bits per heavy atom. The molecule has 0 heterocycles. The average Bonchev–Trinajstić information content (AvgIpc) is 1.94. The molecule has 0 nitrogen and oxygen atoms in total. The van der Waals surface area contributed by atoms with E-state index in [4.69, 9.17) is 0 Å². The highest BCUT2D eigenvalue weighted by Crippen LogP contribution is 2.02. The standard InChI is InChI=1S/C10H12.6C6H12.5C6H14.2C6H12.3C4H8/c1-2-3-7-10-8-5-4-6-9-10;6*1-4-5-6(2)3;7*1-3-5-6-4-2;3*1-3-4-2/h3-9H,2H2,1H3;6*5H,4H2,1-3H3;5*3-6H2,1-2H3;2*5-6H,3-4H2,1-2H3;3*3H,1,4H2,2H3/b7-3+;;;;;;;;;;;;;;;;. The molecular formula is C100H202. The van der Waals surface area contributed by atoms with Gasteiger partial charge >= 0.3 is 0 Å². The summed E-state index contributed by atoms with van der Waals surface area (Å²) in [5.74, 6) is 0. The Kier molecular flexibility index (Phi) is 226. The molecular weight excluding hydrogens is 1200 g/mol. The van der Waals surface area contributed by atoms with Crippen LogP contribution in [0.4, 0.5) is 0 Å². The normalized spacial score (nSPS) is 8.56. The Hall–Kier alpha value is -3.90. The fraction of sp³-hybridized carbons (Fsp3) is 0.700. The van der Waals surface area contributed by atoms with Gasteiger partial charge in [-0.2, -0.15) is 0 Å². The summed E-state index contributed by atoms with van der Waals surface area (Å²) in [5, 5.41) is 0. The first kappa shape index (κ1) is 135. The molecule has 0 atom stereocenters. The molecule has 0 bridgehead atoms. The van der Waals surface area contributed by atoms with E-state index < -0.39 is 0 Å². The molecule has 0 amide bonds. The summed E-state index contributed by atoms with van der Waals surface area (Å²) in [4.78, 5) is 0. The molecule has 1 aromatic carbocycles. The second kappa shape index (κ2) is 167. The lowest BCUT2D eigenvalue weighted by atomic mass is 10.2. The number of hydrogen-bond donors (Lipinski definition) is 0. The zero-order valence-corrected chi connectivity index (χ0v) is 77.2. The molecule has 100 heavy (non-hydrogen) atoms. The van der Waals surface area contributed by atoms with Gasteiger partial charge in [0, 0.05) is 0 Å². The molecule has 0 aliphatic rings. The lowest BCUT2D eigenvalue weighted by molar-refractivity contribution is 0.702. The summed E-state index contributed by atoms with van der Waals surface area (Å²) >= 11 is 0. The van der Waals surface area contributed by atoms with Gasteiger partial charge in [-0.1, -0.05) is 449 Å². The molecule has 1 rings (SSSR count). The Morgan fingerprint density at radius 3 is 0.430 bits per heavy atom. The number of allylic oxidation sites excluding steroid dienone is 20. The minimum atomic E-state index is 1.08. The molecule has 0 aliphatic heterocycles. The topological polar surface area (TPSA) is 0 Å². The Balaban J connectivity index is -0.0000000538. The number of benzene rings is 1. The Bertz CT molecular complexity index is 1380. The van der Waals surface area contributed by atoms with Crippen LogP contribution in [0.5, 0.6) is 0 Å². The lowest BCUT2D eigenvalue weighted by Crippen LogP contribution is -1.66. The molecule has 0 spiro atoms. The maximum atomic E-state index is 3.48. The van der Waals surface area contributed by atoms with Gasteiger partial charge in [-0.3, -0.25) is 0 Å². The summed E-state index contributed by atoms with van der Waals surface area (Å²) in [7, 11) is 0. The smallest absolute Gasteiger partial charge is 0.0260 e. The Labute approximate surface area is 644 Å². The summed E-state index contributed by atoms with van der Waals surface area (Å²) in [5.41, 5.74) is 9.77. The van der Waals surface area contributed by atoms with Gasteiger partial charge in [0.2, 0.25) is 0 Å². The lowest BCUT2D eigenvalue weighted by Gasteiger charge is -1.88. The molecule has 0 fully saturated rings. The second-order valence-electron chi connectivity index (χ2n) is 25.6. The van der Waals surface area contributed by atoms with Crippen LogP contribution in [0.25, 0.3) is 6.08 Å². The fourth-order valence-corrected chi connectivity index (χ4v) is 6.43. The first-order chi connectivity index (χ1) is 47.7. The summed E-state index contributed by atoms with van der Waals surface area (Å²) in [6.07, 6.45) is 75.6.